The van der Waals surface area contributed by atoms with E-state index in [2.05, 4.69) is 10.2 Å². The molecule has 0 amide bonds. The van der Waals surface area contributed by atoms with Gasteiger partial charge in [-0.05, 0) is 6.07 Å². The molecule has 4 nitrogen and oxygen atoms in total. The van der Waals surface area contributed by atoms with Gasteiger partial charge >= 0.3 is 0 Å². The Bertz CT molecular complexity index is 275. The van der Waals surface area contributed by atoms with Crippen LogP contribution >= 0.6 is 0 Å². The van der Waals surface area contributed by atoms with Gasteiger partial charge in [0.05, 0.1) is 18.9 Å². The van der Waals surface area contributed by atoms with Gasteiger partial charge in [0.25, 0.3) is 0 Å². The fourth-order valence-electron chi connectivity index (χ4n) is 0.774. The van der Waals surface area contributed by atoms with Gasteiger partial charge in [-0.15, -0.1) is 5.10 Å². The van der Waals surface area contributed by atoms with E-state index in [1.807, 2.05) is 12.1 Å². The van der Waals surface area contributed by atoms with Crippen molar-refractivity contribution in [3.8, 4) is 11.9 Å². The van der Waals surface area contributed by atoms with E-state index < -0.39 is 0 Å². The lowest BCUT2D eigenvalue weighted by Gasteiger charge is -1.97. The molecule has 12 heavy (non-hydrogen) atoms. The SMILES string of the molecule is COc1ccc(CCC#N)nn1. The van der Waals surface area contributed by atoms with E-state index in [0.717, 1.165) is 5.69 Å². The Morgan fingerprint density at radius 3 is 2.83 bits per heavy atom. The summed E-state index contributed by atoms with van der Waals surface area (Å²) in [5.41, 5.74) is 0.817. The van der Waals surface area contributed by atoms with Crippen LogP contribution in [0, 0.1) is 11.3 Å². The van der Waals surface area contributed by atoms with Crippen molar-refractivity contribution in [1.29, 1.82) is 5.26 Å². The monoisotopic (exact) mass is 163 g/mol. The number of ether oxygens (including phenoxy) is 1. The fraction of sp³-hybridized carbons (Fsp3) is 0.375. The van der Waals surface area contributed by atoms with E-state index >= 15 is 0 Å². The number of hydrogen-bond acceptors (Lipinski definition) is 4. The van der Waals surface area contributed by atoms with Crippen molar-refractivity contribution in [3.63, 3.8) is 0 Å². The molecule has 1 heterocycles. The van der Waals surface area contributed by atoms with Crippen molar-refractivity contribution in [1.82, 2.24) is 10.2 Å². The van der Waals surface area contributed by atoms with Crippen LogP contribution in [0.25, 0.3) is 0 Å². The maximum Gasteiger partial charge on any atom is 0.233 e. The lowest BCUT2D eigenvalue weighted by Crippen LogP contribution is -1.94. The Kier molecular flexibility index (Phi) is 3.03. The van der Waals surface area contributed by atoms with Crippen LogP contribution in [0.2, 0.25) is 0 Å². The largest absolute Gasteiger partial charge is 0.480 e. The number of rotatable bonds is 3. The Balaban J connectivity index is 2.60. The van der Waals surface area contributed by atoms with E-state index in [-0.39, 0.29) is 0 Å². The van der Waals surface area contributed by atoms with Crippen LogP contribution in [0.1, 0.15) is 12.1 Å². The molecule has 0 saturated carbocycles. The minimum Gasteiger partial charge on any atom is -0.480 e. The average molecular weight is 163 g/mol. The Hall–Kier alpha value is -1.63. The van der Waals surface area contributed by atoms with Gasteiger partial charge in [0, 0.05) is 18.9 Å². The Labute approximate surface area is 70.8 Å². The first-order valence-corrected chi connectivity index (χ1v) is 3.60. The van der Waals surface area contributed by atoms with Crippen molar-refractivity contribution < 1.29 is 4.74 Å². The number of nitriles is 1. The summed E-state index contributed by atoms with van der Waals surface area (Å²) in [5, 5.41) is 15.9. The summed E-state index contributed by atoms with van der Waals surface area (Å²) in [6.07, 6.45) is 1.12. The number of methoxy groups -OCH3 is 1. The van der Waals surface area contributed by atoms with Gasteiger partial charge in [-0.3, -0.25) is 0 Å². The highest BCUT2D eigenvalue weighted by Crippen LogP contribution is 2.04. The van der Waals surface area contributed by atoms with Crippen molar-refractivity contribution in [2.75, 3.05) is 7.11 Å². The van der Waals surface area contributed by atoms with Crippen LogP contribution in [0.15, 0.2) is 12.1 Å². The maximum atomic E-state index is 8.31. The molecular formula is C8H9N3O. The van der Waals surface area contributed by atoms with Crippen LogP contribution < -0.4 is 4.74 Å². The molecule has 0 spiro atoms. The van der Waals surface area contributed by atoms with Crippen molar-refractivity contribution in [2.24, 2.45) is 0 Å². The number of nitrogens with zero attached hydrogens (tertiary/aromatic N) is 3. The lowest BCUT2D eigenvalue weighted by atomic mass is 10.2. The third-order valence-electron chi connectivity index (χ3n) is 1.40. The summed E-state index contributed by atoms with van der Waals surface area (Å²) in [5.74, 6) is 0.496. The second-order valence-corrected chi connectivity index (χ2v) is 2.23. The minimum atomic E-state index is 0.473. The summed E-state index contributed by atoms with van der Waals surface area (Å²) in [4.78, 5) is 0. The molecule has 0 aromatic carbocycles. The highest BCUT2D eigenvalue weighted by atomic mass is 16.5. The lowest BCUT2D eigenvalue weighted by molar-refractivity contribution is 0.391. The number of aryl methyl sites for hydroxylation is 1. The molecule has 4 heteroatoms. The van der Waals surface area contributed by atoms with Gasteiger partial charge in [-0.2, -0.15) is 10.4 Å². The first kappa shape index (κ1) is 8.47. The second-order valence-electron chi connectivity index (χ2n) is 2.23. The first-order chi connectivity index (χ1) is 5.86. The summed E-state index contributed by atoms with van der Waals surface area (Å²) in [6.45, 7) is 0. The number of aromatic nitrogens is 2. The van der Waals surface area contributed by atoms with Gasteiger partial charge in [0.15, 0.2) is 0 Å². The molecular weight excluding hydrogens is 154 g/mol. The third-order valence-corrected chi connectivity index (χ3v) is 1.40. The van der Waals surface area contributed by atoms with Crippen LogP contribution in [-0.2, 0) is 6.42 Å². The van der Waals surface area contributed by atoms with E-state index in [0.29, 0.717) is 18.7 Å². The summed E-state index contributed by atoms with van der Waals surface area (Å²) in [6, 6.07) is 5.59. The second kappa shape index (κ2) is 4.29. The molecule has 1 aromatic heterocycles. The van der Waals surface area contributed by atoms with Gasteiger partial charge in [0.2, 0.25) is 5.88 Å². The average Bonchev–Trinajstić information content (AvgIpc) is 2.15. The standard InChI is InChI=1S/C8H9N3O/c1-12-8-5-4-7(10-11-8)3-2-6-9/h4-5H,2-3H2,1H3. The molecule has 0 N–H and O–H groups in total. The molecule has 0 atom stereocenters. The quantitative estimate of drug-likeness (QED) is 0.665. The molecule has 0 saturated heterocycles. The van der Waals surface area contributed by atoms with Crippen LogP contribution in [0.5, 0.6) is 5.88 Å². The summed E-state index contributed by atoms with van der Waals surface area (Å²) in [7, 11) is 1.54. The van der Waals surface area contributed by atoms with Crippen LogP contribution in [0.4, 0.5) is 0 Å². The van der Waals surface area contributed by atoms with E-state index in [9.17, 15) is 0 Å². The topological polar surface area (TPSA) is 58.8 Å². The molecule has 0 aliphatic heterocycles. The maximum absolute atomic E-state index is 8.31. The molecule has 0 radical (unpaired) electrons. The van der Waals surface area contributed by atoms with Gasteiger partial charge in [-0.25, -0.2) is 0 Å². The Morgan fingerprint density at radius 2 is 2.33 bits per heavy atom. The van der Waals surface area contributed by atoms with E-state index in [1.165, 1.54) is 0 Å². The zero-order valence-electron chi connectivity index (χ0n) is 6.82. The highest BCUT2D eigenvalue weighted by molar-refractivity contribution is 5.11. The summed E-state index contributed by atoms with van der Waals surface area (Å²) < 4.78 is 4.84. The summed E-state index contributed by atoms with van der Waals surface area (Å²) >= 11 is 0. The number of hydrogen-bond donors (Lipinski definition) is 0. The highest BCUT2D eigenvalue weighted by Gasteiger charge is 1.95. The molecule has 0 aliphatic carbocycles. The normalized spacial score (nSPS) is 9.00. The predicted octanol–water partition coefficient (Wildman–Crippen LogP) is 0.941. The first-order valence-electron chi connectivity index (χ1n) is 3.60. The molecule has 1 aromatic rings. The molecule has 1 rings (SSSR count). The van der Waals surface area contributed by atoms with Gasteiger partial charge < -0.3 is 4.74 Å². The third kappa shape index (κ3) is 2.20. The van der Waals surface area contributed by atoms with Crippen molar-refractivity contribution >= 4 is 0 Å². The van der Waals surface area contributed by atoms with Crippen LogP contribution in [-0.4, -0.2) is 17.3 Å². The van der Waals surface area contributed by atoms with Crippen molar-refractivity contribution in [2.45, 2.75) is 12.8 Å². The zero-order chi connectivity index (χ0) is 8.81. The van der Waals surface area contributed by atoms with Crippen molar-refractivity contribution in [3.05, 3.63) is 17.8 Å². The predicted molar refractivity (Wildman–Crippen MR) is 42.5 cm³/mol. The zero-order valence-corrected chi connectivity index (χ0v) is 6.82. The van der Waals surface area contributed by atoms with E-state index in [1.54, 1.807) is 13.2 Å². The van der Waals surface area contributed by atoms with Gasteiger partial charge in [0.1, 0.15) is 0 Å². The molecule has 0 bridgehead atoms. The molecule has 0 fully saturated rings. The fourth-order valence-corrected chi connectivity index (χ4v) is 0.774. The molecule has 0 aliphatic rings. The van der Waals surface area contributed by atoms with E-state index in [4.69, 9.17) is 10.00 Å². The molecule has 62 valence electrons. The molecule has 0 unspecified atom stereocenters. The van der Waals surface area contributed by atoms with Crippen LogP contribution in [0.3, 0.4) is 0 Å². The Morgan fingerprint density at radius 1 is 1.50 bits per heavy atom. The van der Waals surface area contributed by atoms with Gasteiger partial charge in [-0.1, -0.05) is 0 Å². The smallest absolute Gasteiger partial charge is 0.233 e. The minimum absolute atomic E-state index is 0.473.